The van der Waals surface area contributed by atoms with Gasteiger partial charge in [0.1, 0.15) is 18.6 Å². The molecule has 0 radical (unpaired) electrons. The highest BCUT2D eigenvalue weighted by Gasteiger charge is 2.42. The Morgan fingerprint density at radius 2 is 0.910 bits per heavy atom. The van der Waals surface area contributed by atoms with E-state index in [4.69, 9.17) is 9.15 Å². The first-order valence-electron chi connectivity index (χ1n) is 25.7. The van der Waals surface area contributed by atoms with Crippen LogP contribution in [0.4, 0.5) is 31.6 Å². The van der Waals surface area contributed by atoms with E-state index in [0.29, 0.717) is 0 Å². The molecule has 78 heavy (non-hydrogen) atoms. The highest BCUT2D eigenvalue weighted by Crippen LogP contribution is 2.40. The largest absolute Gasteiger partial charge is 1.00 e. The molecule has 0 aliphatic carbocycles. The van der Waals surface area contributed by atoms with Crippen LogP contribution in [-0.2, 0) is 31.8 Å². The molecule has 0 saturated carbocycles. The molecule has 3 heterocycles. The van der Waals surface area contributed by atoms with Gasteiger partial charge in [0.15, 0.2) is 5.71 Å². The number of allylic oxidation sites excluding steroid dienone is 6. The van der Waals surface area contributed by atoms with Crippen molar-refractivity contribution < 1.29 is 49.0 Å². The van der Waals surface area contributed by atoms with E-state index in [1.807, 2.05) is 6.92 Å². The zero-order chi connectivity index (χ0) is 56.6. The first-order chi connectivity index (χ1) is 35.2. The molecule has 0 fully saturated rings. The van der Waals surface area contributed by atoms with Crippen LogP contribution in [0.1, 0.15) is 142 Å². The molecule has 3 nitrogen and oxygen atoms in total. The molecule has 13 heteroatoms. The number of nitrogens with zero attached hydrogens (tertiary/aromatic N) is 1. The summed E-state index contributed by atoms with van der Waals surface area (Å²) in [6, 6.07) is 48.2. The summed E-state index contributed by atoms with van der Waals surface area (Å²) in [4.78, 5) is 0. The van der Waals surface area contributed by atoms with Gasteiger partial charge in [0.25, 0.3) is 0 Å². The lowest BCUT2D eigenvalue weighted by Gasteiger charge is -2.22. The summed E-state index contributed by atoms with van der Waals surface area (Å²) >= 11 is 0. The highest BCUT2D eigenvalue weighted by molar-refractivity contribution is 6.33. The van der Waals surface area contributed by atoms with Crippen LogP contribution in [0, 0.1) is 6.92 Å². The van der Waals surface area contributed by atoms with Gasteiger partial charge in [-0.3, -0.25) is 25.9 Å². The number of fused-ring (bicyclic) bond motifs is 1. The highest BCUT2D eigenvalue weighted by atomic mass is 19.4. The van der Waals surface area contributed by atoms with Crippen molar-refractivity contribution in [1.29, 1.82) is 0 Å². The van der Waals surface area contributed by atoms with E-state index in [0.717, 1.165) is 39.7 Å². The summed E-state index contributed by atoms with van der Waals surface area (Å²) in [5.74, 6) is 3.51. The molecule has 2 aliphatic heterocycles. The van der Waals surface area contributed by atoms with Crippen LogP contribution < -0.4 is 9.41 Å². The molecule has 1 aromatic heterocycles. The van der Waals surface area contributed by atoms with E-state index in [1.165, 1.54) is 55.9 Å². The summed E-state index contributed by atoms with van der Waals surface area (Å²) in [5, 5.41) is 0. The van der Waals surface area contributed by atoms with Crippen LogP contribution in [0.2, 0.25) is 0 Å². The lowest BCUT2D eigenvalue weighted by molar-refractivity contribution is -0.401. The Balaban J connectivity index is 0.000000373. The Kier molecular flexibility index (Phi) is 22.5. The van der Waals surface area contributed by atoms with Crippen molar-refractivity contribution in [2.24, 2.45) is 0 Å². The number of hydrogen-bond acceptors (Lipinski definition) is 1. The lowest BCUT2D eigenvalue weighted by atomic mass is 9.81. The maximum atomic E-state index is 9.67. The fourth-order valence-electron chi connectivity index (χ4n) is 8.99. The number of halogens is 8. The van der Waals surface area contributed by atoms with Gasteiger partial charge in [-0.25, -0.2) is 4.42 Å². The van der Waals surface area contributed by atoms with E-state index >= 15 is 0 Å². The van der Waals surface area contributed by atoms with Crippen molar-refractivity contribution in [2.45, 2.75) is 131 Å². The molecule has 0 atom stereocenters. The lowest BCUT2D eigenvalue weighted by Crippen LogP contribution is -3.00. The van der Waals surface area contributed by atoms with Gasteiger partial charge in [-0.05, 0) is 105 Å². The van der Waals surface area contributed by atoms with Crippen molar-refractivity contribution in [1.82, 2.24) is 0 Å². The van der Waals surface area contributed by atoms with Crippen molar-refractivity contribution in [2.75, 3.05) is 7.05 Å². The monoisotopic (exact) mass is 1080 g/mol. The van der Waals surface area contributed by atoms with Gasteiger partial charge in [0.05, 0.1) is 24.0 Å². The number of benzene rings is 5. The third-order valence-corrected chi connectivity index (χ3v) is 13.4. The molecule has 414 valence electrons. The van der Waals surface area contributed by atoms with Crippen molar-refractivity contribution >= 4 is 37.8 Å². The number of ether oxygens (including phenoxy) is 1. The zero-order valence-corrected chi connectivity index (χ0v) is 48.0. The molecule has 0 saturated heterocycles. The second-order valence-electron chi connectivity index (χ2n) is 23.9. The number of aryl methyl sites for hydroxylation is 1. The quantitative estimate of drug-likeness (QED) is 0.0718. The molecule has 0 N–H and O–H groups in total. The topological polar surface area (TPSA) is 23.5 Å². The molecule has 0 bridgehead atoms. The Morgan fingerprint density at radius 1 is 0.513 bits per heavy atom. The van der Waals surface area contributed by atoms with Gasteiger partial charge in [0, 0.05) is 34.9 Å². The van der Waals surface area contributed by atoms with E-state index in [-0.39, 0.29) is 36.5 Å². The predicted molar refractivity (Wildman–Crippen MR) is 309 cm³/mol. The van der Waals surface area contributed by atoms with Gasteiger partial charge < -0.3 is 14.1 Å². The first kappa shape index (κ1) is 65.5. The van der Waals surface area contributed by atoms with Gasteiger partial charge >= 0.3 is 26.6 Å². The molecule has 8 rings (SSSR count). The van der Waals surface area contributed by atoms with Crippen LogP contribution in [0.25, 0.3) is 33.8 Å². The number of hydrogen-bond donors (Lipinski definition) is 0. The SMILES string of the molecule is C[N+]1=C(C=CC=C2C=C(c3ccc(C(C)(C)C)cc3)C=C(c3ccc(C(C)(C)C)cc3)O2)C(C)(C)c2ccccc21.Cc1cc(-c2ccc(C(C)(C)C)cc2)cc(-c2ccc(C(C)(C)C)cc2)[o+]1.FB(F)F.FB(F)F.[F-].[F-]. The van der Waals surface area contributed by atoms with E-state index in [2.05, 4.69) is 272 Å². The molecule has 6 aromatic rings. The van der Waals surface area contributed by atoms with Crippen molar-refractivity contribution in [3.63, 3.8) is 0 Å². The minimum absolute atomic E-state index is 0. The molecule has 0 amide bonds. The van der Waals surface area contributed by atoms with Gasteiger partial charge in [-0.2, -0.15) is 4.58 Å². The number of para-hydroxylation sites is 1. The van der Waals surface area contributed by atoms with Crippen LogP contribution in [0.5, 0.6) is 0 Å². The molecular weight excluding hydrogens is 1000 g/mol. The smallest absolute Gasteiger partial charge is 0.762 e. The minimum atomic E-state index is -3.67. The fraction of sp³-hybridized carbons (Fsp3) is 0.323. The van der Waals surface area contributed by atoms with E-state index < -0.39 is 15.1 Å². The summed E-state index contributed by atoms with van der Waals surface area (Å²) < 4.78 is 72.8. The molecule has 0 spiro atoms. The maximum Gasteiger partial charge on any atom is 0.762 e. The van der Waals surface area contributed by atoms with Crippen LogP contribution in [-0.4, -0.2) is 32.4 Å². The normalized spacial score (nSPS) is 14.4. The summed E-state index contributed by atoms with van der Waals surface area (Å²) in [6.07, 6.45) is 10.7. The predicted octanol–water partition coefficient (Wildman–Crippen LogP) is 13.4. The Labute approximate surface area is 459 Å². The molecule has 0 unspecified atom stereocenters. The molecule has 5 aromatic carbocycles. The second-order valence-corrected chi connectivity index (χ2v) is 23.9. The summed E-state index contributed by atoms with van der Waals surface area (Å²) in [7, 11) is -5.18. The minimum Gasteiger partial charge on any atom is -1.00 e. The van der Waals surface area contributed by atoms with Gasteiger partial charge in [0.2, 0.25) is 5.69 Å². The van der Waals surface area contributed by atoms with Crippen molar-refractivity contribution in [3.05, 3.63) is 214 Å². The zero-order valence-electron chi connectivity index (χ0n) is 48.0. The van der Waals surface area contributed by atoms with Gasteiger partial charge in [-0.15, -0.1) is 0 Å². The van der Waals surface area contributed by atoms with E-state index in [1.54, 1.807) is 0 Å². The average molecular weight is 1080 g/mol. The maximum absolute atomic E-state index is 9.67. The Morgan fingerprint density at radius 3 is 1.33 bits per heavy atom. The molecular formula is C65H75B2F8NO2. The molecule has 2 aliphatic rings. The number of rotatable bonds is 6. The van der Waals surface area contributed by atoms with Crippen LogP contribution in [0.15, 0.2) is 174 Å². The second kappa shape index (κ2) is 26.7. The van der Waals surface area contributed by atoms with E-state index in [9.17, 15) is 25.9 Å². The van der Waals surface area contributed by atoms with Crippen molar-refractivity contribution in [3.8, 4) is 22.5 Å². The van der Waals surface area contributed by atoms with Crippen LogP contribution >= 0.6 is 0 Å². The Hall–Kier alpha value is -6.75. The first-order valence-corrected chi connectivity index (χ1v) is 25.7. The Bertz CT molecular complexity index is 2990. The average Bonchev–Trinajstić information content (AvgIpc) is 3.53. The summed E-state index contributed by atoms with van der Waals surface area (Å²) in [6.45, 7) is 33.5. The van der Waals surface area contributed by atoms with Crippen LogP contribution in [0.3, 0.4) is 0 Å². The standard InChI is InChI=1S/C39H44NO.C26H31O.2BF3.2FH/c1-37(2,3)30-21-17-27(18-22-30)29-25-32(41-35(26-29)28-19-23-31(24-20-28)38(4,5)6)13-12-16-36-39(7,8)33-14-10-11-15-34(33)40(36)9;1-18-16-21(19-8-12-22(13-9-19)25(2,3)4)17-24(27-18)20-10-14-23(15-11-20)26(5,6)7;2*2-1(3)4;;/h10-26H,1-9H3;8-17H,1-7H3;;;2*1H/q2*+1;;;;/p-2. The fourth-order valence-corrected chi connectivity index (χ4v) is 8.99. The van der Waals surface area contributed by atoms with Gasteiger partial charge in [-0.1, -0.05) is 192 Å². The third-order valence-electron chi connectivity index (χ3n) is 13.4. The summed E-state index contributed by atoms with van der Waals surface area (Å²) in [5.41, 5.74) is 16.6. The third kappa shape index (κ3) is 17.9.